The van der Waals surface area contributed by atoms with E-state index in [1.165, 1.54) is 12.1 Å². The van der Waals surface area contributed by atoms with Crippen LogP contribution in [0.2, 0.25) is 0 Å². The lowest BCUT2D eigenvalue weighted by atomic mass is 10.1. The molecule has 152 valence electrons. The molecule has 0 bridgehead atoms. The second-order valence-electron chi connectivity index (χ2n) is 6.40. The number of hydrogen-bond acceptors (Lipinski definition) is 6. The van der Waals surface area contributed by atoms with Crippen LogP contribution in [-0.2, 0) is 22.4 Å². The Morgan fingerprint density at radius 2 is 1.83 bits per heavy atom. The molecule has 0 spiro atoms. The van der Waals surface area contributed by atoms with Gasteiger partial charge in [0.05, 0.1) is 6.42 Å². The summed E-state index contributed by atoms with van der Waals surface area (Å²) in [5.74, 6) is 0.956. The molecule has 0 atom stereocenters. The highest BCUT2D eigenvalue weighted by molar-refractivity contribution is 7.07. The number of rotatable bonds is 10. The van der Waals surface area contributed by atoms with Gasteiger partial charge in [0.2, 0.25) is 5.91 Å². The molecule has 1 amide bonds. The highest BCUT2D eigenvalue weighted by atomic mass is 32.1. The lowest BCUT2D eigenvalue weighted by Gasteiger charge is -2.06. The van der Waals surface area contributed by atoms with Crippen molar-refractivity contribution in [2.45, 2.75) is 19.3 Å². The number of aromatic nitrogens is 2. The monoisotopic (exact) mass is 415 g/mol. The van der Waals surface area contributed by atoms with Crippen LogP contribution >= 0.6 is 11.5 Å². The molecule has 0 aliphatic heterocycles. The van der Waals surface area contributed by atoms with Crippen LogP contribution in [0.5, 0.6) is 10.9 Å². The van der Waals surface area contributed by atoms with Gasteiger partial charge in [-0.3, -0.25) is 4.79 Å². The van der Waals surface area contributed by atoms with Gasteiger partial charge >= 0.3 is 0 Å². The van der Waals surface area contributed by atoms with Gasteiger partial charge in [-0.2, -0.15) is 9.36 Å². The molecule has 0 saturated heterocycles. The third-order valence-corrected chi connectivity index (χ3v) is 4.70. The van der Waals surface area contributed by atoms with Gasteiger partial charge < -0.3 is 14.8 Å². The van der Waals surface area contributed by atoms with Crippen LogP contribution in [0.3, 0.4) is 0 Å². The molecule has 0 fully saturated rings. The van der Waals surface area contributed by atoms with Gasteiger partial charge in [0.25, 0.3) is 5.19 Å². The van der Waals surface area contributed by atoms with Gasteiger partial charge in [-0.25, -0.2) is 4.39 Å². The van der Waals surface area contributed by atoms with Crippen molar-refractivity contribution in [1.82, 2.24) is 14.7 Å². The lowest BCUT2D eigenvalue weighted by molar-refractivity contribution is -0.120. The fourth-order valence-electron chi connectivity index (χ4n) is 2.60. The van der Waals surface area contributed by atoms with Crippen molar-refractivity contribution < 1.29 is 18.7 Å². The number of carbonyl (C=O) groups excluding carboxylic acids is 1. The minimum Gasteiger partial charge on any atom is -0.430 e. The normalized spacial score (nSPS) is 10.7. The van der Waals surface area contributed by atoms with E-state index in [2.05, 4.69) is 14.7 Å². The molecule has 1 N–H and O–H groups in total. The van der Waals surface area contributed by atoms with E-state index in [-0.39, 0.29) is 11.7 Å². The molecular formula is C21H22FN3O3S. The second kappa shape index (κ2) is 10.6. The van der Waals surface area contributed by atoms with Crippen LogP contribution in [0.25, 0.3) is 0 Å². The third-order valence-electron chi connectivity index (χ3n) is 4.07. The fourth-order valence-corrected chi connectivity index (χ4v) is 3.17. The molecule has 2 aromatic carbocycles. The van der Waals surface area contributed by atoms with Gasteiger partial charge in [-0.05, 0) is 41.8 Å². The first kappa shape index (κ1) is 20.9. The maximum atomic E-state index is 13.0. The highest BCUT2D eigenvalue weighted by Gasteiger charge is 2.08. The highest BCUT2D eigenvalue weighted by Crippen LogP contribution is 2.24. The summed E-state index contributed by atoms with van der Waals surface area (Å²) in [5, 5.41) is 3.29. The molecule has 8 heteroatoms. The average molecular weight is 415 g/mol. The number of carbonyl (C=O) groups is 1. The second-order valence-corrected chi connectivity index (χ2v) is 7.11. The summed E-state index contributed by atoms with van der Waals surface area (Å²) in [4.78, 5) is 16.3. The Labute approximate surface area is 172 Å². The maximum absolute atomic E-state index is 13.0. The minimum atomic E-state index is -0.268. The Bertz CT molecular complexity index is 914. The van der Waals surface area contributed by atoms with Crippen molar-refractivity contribution in [1.29, 1.82) is 0 Å². The topological polar surface area (TPSA) is 73.3 Å². The van der Waals surface area contributed by atoms with Crippen molar-refractivity contribution in [3.05, 3.63) is 71.3 Å². The summed E-state index contributed by atoms with van der Waals surface area (Å²) in [6.07, 6.45) is 1.62. The predicted molar refractivity (Wildman–Crippen MR) is 109 cm³/mol. The van der Waals surface area contributed by atoms with Gasteiger partial charge in [0.1, 0.15) is 11.6 Å². The lowest BCUT2D eigenvalue weighted by Crippen LogP contribution is -2.26. The van der Waals surface area contributed by atoms with Crippen LogP contribution in [0, 0.1) is 5.82 Å². The zero-order chi connectivity index (χ0) is 20.5. The molecule has 6 nitrogen and oxygen atoms in total. The molecule has 0 radical (unpaired) electrons. The molecule has 29 heavy (non-hydrogen) atoms. The van der Waals surface area contributed by atoms with Crippen molar-refractivity contribution >= 4 is 17.4 Å². The van der Waals surface area contributed by atoms with Crippen LogP contribution in [0.15, 0.2) is 48.5 Å². The van der Waals surface area contributed by atoms with Gasteiger partial charge in [-0.15, -0.1) is 0 Å². The van der Waals surface area contributed by atoms with Crippen molar-refractivity contribution in [2.24, 2.45) is 0 Å². The number of hydrogen-bond donors (Lipinski definition) is 1. The molecule has 3 rings (SSSR count). The van der Waals surface area contributed by atoms with E-state index in [1.807, 2.05) is 12.1 Å². The van der Waals surface area contributed by atoms with Crippen LogP contribution < -0.4 is 10.1 Å². The van der Waals surface area contributed by atoms with Crippen LogP contribution in [0.1, 0.15) is 23.4 Å². The van der Waals surface area contributed by atoms with Gasteiger partial charge in [0, 0.05) is 38.2 Å². The number of benzene rings is 2. The first-order chi connectivity index (χ1) is 14.1. The van der Waals surface area contributed by atoms with E-state index in [0.717, 1.165) is 29.1 Å². The van der Waals surface area contributed by atoms with Crippen LogP contribution in [0.4, 0.5) is 4.39 Å². The molecule has 0 aliphatic rings. The summed E-state index contributed by atoms with van der Waals surface area (Å²) in [6.45, 7) is 1.23. The number of halogens is 1. The largest absolute Gasteiger partial charge is 0.430 e. The zero-order valence-corrected chi connectivity index (χ0v) is 16.9. The van der Waals surface area contributed by atoms with Gasteiger partial charge in [-0.1, -0.05) is 24.3 Å². The standard InChI is InChI=1S/C21H22FN3O3S/c1-27-12-2-11-23-20(26)14-16-5-9-18(10-6-16)28-21-24-19(25-29-21)13-15-3-7-17(22)8-4-15/h3-10H,2,11-14H2,1H3,(H,23,26). The molecule has 3 aromatic rings. The first-order valence-electron chi connectivity index (χ1n) is 9.22. The summed E-state index contributed by atoms with van der Waals surface area (Å²) < 4.78 is 27.9. The first-order valence-corrected chi connectivity index (χ1v) is 9.99. The minimum absolute atomic E-state index is 0.0238. The molecule has 1 aromatic heterocycles. The average Bonchev–Trinajstić information content (AvgIpc) is 3.15. The van der Waals surface area contributed by atoms with Crippen molar-refractivity contribution in [3.8, 4) is 10.9 Å². The van der Waals surface area contributed by atoms with Gasteiger partial charge in [0.15, 0.2) is 5.82 Å². The summed E-state index contributed by atoms with van der Waals surface area (Å²) in [7, 11) is 1.64. The number of amides is 1. The Morgan fingerprint density at radius 3 is 2.55 bits per heavy atom. The molecular weight excluding hydrogens is 393 g/mol. The Kier molecular flexibility index (Phi) is 7.66. The van der Waals surface area contributed by atoms with E-state index >= 15 is 0 Å². The van der Waals surface area contributed by atoms with E-state index in [0.29, 0.717) is 42.8 Å². The molecule has 0 unspecified atom stereocenters. The van der Waals surface area contributed by atoms with E-state index in [4.69, 9.17) is 9.47 Å². The van der Waals surface area contributed by atoms with Crippen molar-refractivity contribution in [2.75, 3.05) is 20.3 Å². The predicted octanol–water partition coefficient (Wildman–Crippen LogP) is 3.76. The summed E-state index contributed by atoms with van der Waals surface area (Å²) in [6, 6.07) is 13.6. The van der Waals surface area contributed by atoms with Crippen molar-refractivity contribution in [3.63, 3.8) is 0 Å². The summed E-state index contributed by atoms with van der Waals surface area (Å²) >= 11 is 1.16. The number of nitrogens with zero attached hydrogens (tertiary/aromatic N) is 2. The smallest absolute Gasteiger partial charge is 0.298 e. The third kappa shape index (κ3) is 6.92. The summed E-state index contributed by atoms with van der Waals surface area (Å²) in [5.41, 5.74) is 1.83. The molecule has 0 saturated carbocycles. The Hall–Kier alpha value is -2.84. The van der Waals surface area contributed by atoms with Crippen LogP contribution in [-0.4, -0.2) is 35.5 Å². The number of nitrogens with one attached hydrogen (secondary N) is 1. The zero-order valence-electron chi connectivity index (χ0n) is 16.1. The number of ether oxygens (including phenoxy) is 2. The SMILES string of the molecule is COCCCNC(=O)Cc1ccc(Oc2nc(Cc3ccc(F)cc3)ns2)cc1. The maximum Gasteiger partial charge on any atom is 0.298 e. The quantitative estimate of drug-likeness (QED) is 0.511. The van der Waals surface area contributed by atoms with E-state index in [1.54, 1.807) is 31.4 Å². The Balaban J connectivity index is 1.49. The Morgan fingerprint density at radius 1 is 1.10 bits per heavy atom. The van der Waals surface area contributed by atoms with E-state index < -0.39 is 0 Å². The number of methoxy groups -OCH3 is 1. The van der Waals surface area contributed by atoms with E-state index in [9.17, 15) is 9.18 Å². The molecule has 1 heterocycles. The molecule has 0 aliphatic carbocycles. The fraction of sp³-hybridized carbons (Fsp3) is 0.286.